The lowest BCUT2D eigenvalue weighted by atomic mass is 10.1. The number of nitrogens with one attached hydrogen (secondary N) is 1. The zero-order valence-corrected chi connectivity index (χ0v) is 6.97. The molecule has 0 fully saturated rings. The van der Waals surface area contributed by atoms with E-state index in [9.17, 15) is 0 Å². The Kier molecular flexibility index (Phi) is 3.39. The first-order chi connectivity index (χ1) is 5.38. The summed E-state index contributed by atoms with van der Waals surface area (Å²) in [6.45, 7) is 2.96. The van der Waals surface area contributed by atoms with E-state index in [-0.39, 0.29) is 6.04 Å². The van der Waals surface area contributed by atoms with Gasteiger partial charge in [-0.1, -0.05) is 13.3 Å². The summed E-state index contributed by atoms with van der Waals surface area (Å²) >= 11 is 0. The fourth-order valence-electron chi connectivity index (χ4n) is 1.28. The number of hydrogen-bond acceptors (Lipinski definition) is 3. The number of nitrogens with two attached hydrogens (primary N) is 1. The lowest BCUT2D eigenvalue weighted by molar-refractivity contribution is 0.211. The smallest absolute Gasteiger partial charge is 0.110 e. The van der Waals surface area contributed by atoms with Gasteiger partial charge in [0.15, 0.2) is 0 Å². The largest absolute Gasteiger partial charge is 0.496 e. The van der Waals surface area contributed by atoms with E-state index in [4.69, 9.17) is 10.6 Å². The molecule has 0 radical (unpaired) electrons. The Morgan fingerprint density at radius 2 is 2.64 bits per heavy atom. The van der Waals surface area contributed by atoms with Crippen LogP contribution in [0.3, 0.4) is 0 Å². The van der Waals surface area contributed by atoms with Gasteiger partial charge in [-0.3, -0.25) is 5.84 Å². The van der Waals surface area contributed by atoms with Crippen LogP contribution in [0.1, 0.15) is 26.2 Å². The van der Waals surface area contributed by atoms with Crippen molar-refractivity contribution in [3.63, 3.8) is 0 Å². The van der Waals surface area contributed by atoms with Crippen LogP contribution in [0.2, 0.25) is 0 Å². The van der Waals surface area contributed by atoms with Gasteiger partial charge in [-0.2, -0.15) is 0 Å². The van der Waals surface area contributed by atoms with Gasteiger partial charge in [0.1, 0.15) is 5.76 Å². The van der Waals surface area contributed by atoms with Crippen molar-refractivity contribution >= 4 is 0 Å². The van der Waals surface area contributed by atoms with E-state index in [0.717, 1.165) is 31.6 Å². The summed E-state index contributed by atoms with van der Waals surface area (Å²) in [7, 11) is 0. The molecule has 0 saturated heterocycles. The van der Waals surface area contributed by atoms with Crippen molar-refractivity contribution in [3.05, 3.63) is 11.8 Å². The fraction of sp³-hybridized carbons (Fsp3) is 0.750. The van der Waals surface area contributed by atoms with Gasteiger partial charge < -0.3 is 4.74 Å². The average Bonchev–Trinajstić information content (AvgIpc) is 2.52. The van der Waals surface area contributed by atoms with Crippen LogP contribution >= 0.6 is 0 Å². The lowest BCUT2D eigenvalue weighted by Crippen LogP contribution is -2.36. The molecule has 0 bridgehead atoms. The minimum Gasteiger partial charge on any atom is -0.496 e. The highest BCUT2D eigenvalue weighted by atomic mass is 16.5. The molecule has 11 heavy (non-hydrogen) atoms. The Labute approximate surface area is 67.6 Å². The number of rotatable bonds is 4. The first-order valence-electron chi connectivity index (χ1n) is 4.17. The van der Waals surface area contributed by atoms with E-state index < -0.39 is 0 Å². The summed E-state index contributed by atoms with van der Waals surface area (Å²) in [6.07, 6.45) is 5.30. The highest BCUT2D eigenvalue weighted by Gasteiger charge is 2.15. The normalized spacial score (nSPS) is 19.3. The monoisotopic (exact) mass is 156 g/mol. The molecule has 0 amide bonds. The topological polar surface area (TPSA) is 47.3 Å². The Balaban J connectivity index is 2.40. The quantitative estimate of drug-likeness (QED) is 0.470. The predicted molar refractivity (Wildman–Crippen MR) is 44.7 cm³/mol. The second-order valence-corrected chi connectivity index (χ2v) is 2.75. The summed E-state index contributed by atoms with van der Waals surface area (Å²) in [5, 5.41) is 0. The molecular formula is C8H16N2O. The molecule has 0 aromatic carbocycles. The minimum atomic E-state index is 0.225. The maximum atomic E-state index is 5.38. The molecule has 1 aliphatic rings. The van der Waals surface area contributed by atoms with E-state index in [2.05, 4.69) is 18.4 Å². The summed E-state index contributed by atoms with van der Waals surface area (Å²) in [5.41, 5.74) is 2.75. The minimum absolute atomic E-state index is 0.225. The summed E-state index contributed by atoms with van der Waals surface area (Å²) in [5.74, 6) is 6.39. The van der Waals surface area contributed by atoms with Gasteiger partial charge in [0.25, 0.3) is 0 Å². The molecule has 1 heterocycles. The number of ether oxygens (including phenoxy) is 1. The molecule has 0 aromatic rings. The Bertz CT molecular complexity index is 145. The zero-order chi connectivity index (χ0) is 8.10. The molecule has 0 aromatic heterocycles. The number of hydrogen-bond donors (Lipinski definition) is 2. The molecule has 1 unspecified atom stereocenters. The third kappa shape index (κ3) is 2.20. The predicted octanol–water partition coefficient (Wildman–Crippen LogP) is 0.923. The average molecular weight is 156 g/mol. The molecule has 3 nitrogen and oxygen atoms in total. The molecule has 0 saturated carbocycles. The molecule has 1 atom stereocenters. The van der Waals surface area contributed by atoms with Crippen molar-refractivity contribution in [2.24, 2.45) is 5.84 Å². The van der Waals surface area contributed by atoms with Crippen molar-refractivity contribution in [1.82, 2.24) is 5.43 Å². The molecule has 3 N–H and O–H groups in total. The molecule has 1 aliphatic heterocycles. The lowest BCUT2D eigenvalue weighted by Gasteiger charge is -2.15. The summed E-state index contributed by atoms with van der Waals surface area (Å²) in [4.78, 5) is 0. The zero-order valence-electron chi connectivity index (χ0n) is 6.97. The molecule has 1 rings (SSSR count). The molecular weight excluding hydrogens is 140 g/mol. The Morgan fingerprint density at radius 1 is 1.82 bits per heavy atom. The van der Waals surface area contributed by atoms with Crippen molar-refractivity contribution in [3.8, 4) is 0 Å². The maximum Gasteiger partial charge on any atom is 0.110 e. The molecule has 64 valence electrons. The van der Waals surface area contributed by atoms with Crippen molar-refractivity contribution in [1.29, 1.82) is 0 Å². The van der Waals surface area contributed by atoms with Crippen LogP contribution in [-0.4, -0.2) is 12.6 Å². The van der Waals surface area contributed by atoms with E-state index in [1.807, 2.05) is 0 Å². The Morgan fingerprint density at radius 3 is 3.09 bits per heavy atom. The third-order valence-corrected chi connectivity index (χ3v) is 1.85. The van der Waals surface area contributed by atoms with Crippen LogP contribution in [0.25, 0.3) is 0 Å². The van der Waals surface area contributed by atoms with Crippen molar-refractivity contribution < 1.29 is 4.74 Å². The van der Waals surface area contributed by atoms with Crippen LogP contribution in [0.5, 0.6) is 0 Å². The van der Waals surface area contributed by atoms with Gasteiger partial charge in [-0.15, -0.1) is 0 Å². The standard InChI is InChI=1S/C8H16N2O/c1-2-4-7(10-9)8-5-3-6-11-8/h5,7,10H,2-4,6,9H2,1H3. The maximum absolute atomic E-state index is 5.38. The fourth-order valence-corrected chi connectivity index (χ4v) is 1.28. The highest BCUT2D eigenvalue weighted by molar-refractivity contribution is 5.06. The van der Waals surface area contributed by atoms with Gasteiger partial charge in [0.05, 0.1) is 12.6 Å². The van der Waals surface area contributed by atoms with Gasteiger partial charge in [-0.05, 0) is 12.5 Å². The van der Waals surface area contributed by atoms with E-state index in [0.29, 0.717) is 0 Å². The SMILES string of the molecule is CCCC(NN)C1=CCCO1. The molecule has 3 heteroatoms. The highest BCUT2D eigenvalue weighted by Crippen LogP contribution is 2.15. The van der Waals surface area contributed by atoms with Crippen LogP contribution < -0.4 is 11.3 Å². The second-order valence-electron chi connectivity index (χ2n) is 2.75. The molecule has 0 aliphatic carbocycles. The summed E-state index contributed by atoms with van der Waals surface area (Å²) < 4.78 is 5.38. The van der Waals surface area contributed by atoms with Crippen LogP contribution in [0.15, 0.2) is 11.8 Å². The van der Waals surface area contributed by atoms with E-state index in [1.54, 1.807) is 0 Å². The van der Waals surface area contributed by atoms with Crippen LogP contribution in [0, 0.1) is 0 Å². The summed E-state index contributed by atoms with van der Waals surface area (Å²) in [6, 6.07) is 0.225. The number of hydrazine groups is 1. The van der Waals surface area contributed by atoms with Crippen LogP contribution in [0.4, 0.5) is 0 Å². The first-order valence-corrected chi connectivity index (χ1v) is 4.17. The van der Waals surface area contributed by atoms with Gasteiger partial charge >= 0.3 is 0 Å². The third-order valence-electron chi connectivity index (χ3n) is 1.85. The van der Waals surface area contributed by atoms with Gasteiger partial charge in [0, 0.05) is 6.42 Å². The van der Waals surface area contributed by atoms with E-state index in [1.165, 1.54) is 0 Å². The van der Waals surface area contributed by atoms with Crippen molar-refractivity contribution in [2.45, 2.75) is 32.2 Å². The van der Waals surface area contributed by atoms with Crippen LogP contribution in [-0.2, 0) is 4.74 Å². The van der Waals surface area contributed by atoms with E-state index >= 15 is 0 Å². The first kappa shape index (κ1) is 8.56. The molecule has 0 spiro atoms. The van der Waals surface area contributed by atoms with Gasteiger partial charge in [-0.25, -0.2) is 5.43 Å². The Hall–Kier alpha value is -0.540. The van der Waals surface area contributed by atoms with Crippen molar-refractivity contribution in [2.75, 3.05) is 6.61 Å². The van der Waals surface area contributed by atoms with Gasteiger partial charge in [0.2, 0.25) is 0 Å². The second kappa shape index (κ2) is 4.36.